The van der Waals surface area contributed by atoms with Crippen LogP contribution < -0.4 is 5.73 Å². The van der Waals surface area contributed by atoms with Gasteiger partial charge < -0.3 is 15.7 Å². The third-order valence-corrected chi connectivity index (χ3v) is 3.79. The highest BCUT2D eigenvalue weighted by atomic mass is 19.1. The molecule has 1 fully saturated rings. The van der Waals surface area contributed by atoms with Crippen molar-refractivity contribution in [2.75, 3.05) is 13.1 Å². The molecular formula is C14H19FN2O2. The second-order valence-corrected chi connectivity index (χ2v) is 5.03. The Balaban J connectivity index is 2.18. The molecule has 3 N–H and O–H groups in total. The standard InChI is InChI=1S/C14H19FN2O2/c1-2-9-8-17(6-5-12(9)16)14(19)11-7-10(15)3-4-13(11)18/h3-4,7,9,12,18H,2,5-6,8,16H2,1H3. The van der Waals surface area contributed by atoms with Crippen molar-refractivity contribution in [3.63, 3.8) is 0 Å². The van der Waals surface area contributed by atoms with E-state index in [1.165, 1.54) is 6.07 Å². The number of benzene rings is 1. The highest BCUT2D eigenvalue weighted by Crippen LogP contribution is 2.24. The van der Waals surface area contributed by atoms with Gasteiger partial charge in [-0.2, -0.15) is 0 Å². The number of nitrogens with zero attached hydrogens (tertiary/aromatic N) is 1. The average molecular weight is 266 g/mol. The van der Waals surface area contributed by atoms with E-state index >= 15 is 0 Å². The van der Waals surface area contributed by atoms with Gasteiger partial charge in [0.05, 0.1) is 5.56 Å². The first-order valence-electron chi connectivity index (χ1n) is 6.56. The molecule has 104 valence electrons. The summed E-state index contributed by atoms with van der Waals surface area (Å²) in [5.41, 5.74) is 6.02. The molecular weight excluding hydrogens is 247 g/mol. The molecule has 0 spiro atoms. The molecule has 2 rings (SSSR count). The Bertz CT molecular complexity index is 479. The van der Waals surface area contributed by atoms with Crippen LogP contribution in [0.3, 0.4) is 0 Å². The van der Waals surface area contributed by atoms with Gasteiger partial charge >= 0.3 is 0 Å². The van der Waals surface area contributed by atoms with Gasteiger partial charge in [0.1, 0.15) is 11.6 Å². The molecule has 0 saturated carbocycles. The number of nitrogens with two attached hydrogens (primary N) is 1. The fourth-order valence-electron chi connectivity index (χ4n) is 2.52. The number of phenols is 1. The van der Waals surface area contributed by atoms with Gasteiger partial charge in [-0.25, -0.2) is 4.39 Å². The van der Waals surface area contributed by atoms with Crippen molar-refractivity contribution in [2.45, 2.75) is 25.8 Å². The Morgan fingerprint density at radius 2 is 2.32 bits per heavy atom. The van der Waals surface area contributed by atoms with Crippen molar-refractivity contribution in [3.8, 4) is 5.75 Å². The highest BCUT2D eigenvalue weighted by molar-refractivity contribution is 5.96. The van der Waals surface area contributed by atoms with E-state index in [1.54, 1.807) is 4.90 Å². The van der Waals surface area contributed by atoms with Gasteiger partial charge in [0.15, 0.2) is 0 Å². The van der Waals surface area contributed by atoms with Crippen LogP contribution >= 0.6 is 0 Å². The fourth-order valence-corrected chi connectivity index (χ4v) is 2.52. The number of amides is 1. The molecule has 0 aliphatic carbocycles. The zero-order valence-electron chi connectivity index (χ0n) is 11.0. The molecule has 2 atom stereocenters. The average Bonchev–Trinajstić information content (AvgIpc) is 2.41. The summed E-state index contributed by atoms with van der Waals surface area (Å²) < 4.78 is 13.2. The summed E-state index contributed by atoms with van der Waals surface area (Å²) in [4.78, 5) is 13.9. The van der Waals surface area contributed by atoms with Crippen molar-refractivity contribution in [2.24, 2.45) is 11.7 Å². The van der Waals surface area contributed by atoms with Crippen molar-refractivity contribution < 1.29 is 14.3 Å². The molecule has 4 nitrogen and oxygen atoms in total. The van der Waals surface area contributed by atoms with E-state index < -0.39 is 5.82 Å². The third kappa shape index (κ3) is 2.87. The molecule has 5 heteroatoms. The van der Waals surface area contributed by atoms with Crippen LogP contribution in [0.25, 0.3) is 0 Å². The lowest BCUT2D eigenvalue weighted by Gasteiger charge is -2.36. The summed E-state index contributed by atoms with van der Waals surface area (Å²) in [6, 6.07) is 3.52. The van der Waals surface area contributed by atoms with E-state index in [4.69, 9.17) is 5.73 Å². The first-order chi connectivity index (χ1) is 9.02. The number of likely N-dealkylation sites (tertiary alicyclic amines) is 1. The maximum absolute atomic E-state index is 13.2. The van der Waals surface area contributed by atoms with Gasteiger partial charge in [-0.15, -0.1) is 0 Å². The van der Waals surface area contributed by atoms with E-state index in [1.807, 2.05) is 6.92 Å². The Morgan fingerprint density at radius 1 is 1.58 bits per heavy atom. The molecule has 1 aromatic rings. The van der Waals surface area contributed by atoms with Crippen LogP contribution in [0, 0.1) is 11.7 Å². The first kappa shape index (κ1) is 13.8. The molecule has 1 aromatic carbocycles. The molecule has 0 bridgehead atoms. The molecule has 0 radical (unpaired) electrons. The number of piperidine rings is 1. The second kappa shape index (κ2) is 5.57. The molecule has 1 heterocycles. The van der Waals surface area contributed by atoms with E-state index in [2.05, 4.69) is 0 Å². The number of carbonyl (C=O) groups is 1. The molecule has 19 heavy (non-hydrogen) atoms. The van der Waals surface area contributed by atoms with Crippen molar-refractivity contribution >= 4 is 5.91 Å². The van der Waals surface area contributed by atoms with E-state index in [9.17, 15) is 14.3 Å². The number of aromatic hydroxyl groups is 1. The third-order valence-electron chi connectivity index (χ3n) is 3.79. The highest BCUT2D eigenvalue weighted by Gasteiger charge is 2.29. The summed E-state index contributed by atoms with van der Waals surface area (Å²) in [6.45, 7) is 3.15. The summed E-state index contributed by atoms with van der Waals surface area (Å²) in [5, 5.41) is 9.67. The van der Waals surface area contributed by atoms with Crippen LogP contribution in [0.4, 0.5) is 4.39 Å². The molecule has 1 aliphatic rings. The van der Waals surface area contributed by atoms with Crippen LogP contribution in [-0.4, -0.2) is 35.0 Å². The van der Waals surface area contributed by atoms with Crippen LogP contribution in [0.5, 0.6) is 5.75 Å². The topological polar surface area (TPSA) is 66.6 Å². The predicted molar refractivity (Wildman–Crippen MR) is 70.3 cm³/mol. The minimum absolute atomic E-state index is 0.0188. The maximum Gasteiger partial charge on any atom is 0.257 e. The maximum atomic E-state index is 13.2. The van der Waals surface area contributed by atoms with E-state index in [0.29, 0.717) is 13.1 Å². The summed E-state index contributed by atoms with van der Waals surface area (Å²) in [5.74, 6) is -0.785. The molecule has 0 aromatic heterocycles. The minimum atomic E-state index is -0.526. The Morgan fingerprint density at radius 3 is 3.00 bits per heavy atom. The first-order valence-corrected chi connectivity index (χ1v) is 6.56. The quantitative estimate of drug-likeness (QED) is 0.856. The predicted octanol–water partition coefficient (Wildman–Crippen LogP) is 1.73. The van der Waals surface area contributed by atoms with E-state index in [0.717, 1.165) is 25.0 Å². The van der Waals surface area contributed by atoms with Gasteiger partial charge in [0.2, 0.25) is 0 Å². The van der Waals surface area contributed by atoms with Gasteiger partial charge in [0, 0.05) is 19.1 Å². The Hall–Kier alpha value is -1.62. The summed E-state index contributed by atoms with van der Waals surface area (Å²) in [6.07, 6.45) is 1.64. The zero-order chi connectivity index (χ0) is 14.0. The number of phenolic OH excluding ortho intramolecular Hbond substituents is 1. The van der Waals surface area contributed by atoms with Crippen LogP contribution in [0.2, 0.25) is 0 Å². The van der Waals surface area contributed by atoms with Crippen molar-refractivity contribution in [3.05, 3.63) is 29.6 Å². The van der Waals surface area contributed by atoms with Crippen molar-refractivity contribution in [1.82, 2.24) is 4.90 Å². The number of rotatable bonds is 2. The Labute approximate surface area is 112 Å². The number of hydrogen-bond donors (Lipinski definition) is 2. The molecule has 1 saturated heterocycles. The van der Waals surface area contributed by atoms with Gasteiger partial charge in [0.25, 0.3) is 5.91 Å². The molecule has 1 amide bonds. The minimum Gasteiger partial charge on any atom is -0.507 e. The summed E-state index contributed by atoms with van der Waals surface area (Å²) >= 11 is 0. The Kier molecular flexibility index (Phi) is 4.04. The van der Waals surface area contributed by atoms with E-state index in [-0.39, 0.29) is 29.2 Å². The number of hydrogen-bond acceptors (Lipinski definition) is 3. The molecule has 1 aliphatic heterocycles. The van der Waals surface area contributed by atoms with Gasteiger partial charge in [-0.1, -0.05) is 13.3 Å². The smallest absolute Gasteiger partial charge is 0.257 e. The second-order valence-electron chi connectivity index (χ2n) is 5.03. The monoisotopic (exact) mass is 266 g/mol. The van der Waals surface area contributed by atoms with Crippen molar-refractivity contribution in [1.29, 1.82) is 0 Å². The normalized spacial score (nSPS) is 23.4. The van der Waals surface area contributed by atoms with Crippen LogP contribution in [-0.2, 0) is 0 Å². The van der Waals surface area contributed by atoms with Crippen LogP contribution in [0.15, 0.2) is 18.2 Å². The SMILES string of the molecule is CCC1CN(C(=O)c2cc(F)ccc2O)CCC1N. The lowest BCUT2D eigenvalue weighted by molar-refractivity contribution is 0.0645. The zero-order valence-corrected chi connectivity index (χ0v) is 11.0. The van der Waals surface area contributed by atoms with Crippen LogP contribution in [0.1, 0.15) is 30.1 Å². The van der Waals surface area contributed by atoms with Gasteiger partial charge in [-0.3, -0.25) is 4.79 Å². The number of carbonyl (C=O) groups excluding carboxylic acids is 1. The summed E-state index contributed by atoms with van der Waals surface area (Å²) in [7, 11) is 0. The fraction of sp³-hybridized carbons (Fsp3) is 0.500. The lowest BCUT2D eigenvalue weighted by Crippen LogP contribution is -2.49. The molecule has 2 unspecified atom stereocenters. The van der Waals surface area contributed by atoms with Gasteiger partial charge in [-0.05, 0) is 30.5 Å². The largest absolute Gasteiger partial charge is 0.507 e. The number of halogens is 1. The lowest BCUT2D eigenvalue weighted by atomic mass is 9.90.